The van der Waals surface area contributed by atoms with Crippen molar-refractivity contribution in [2.24, 2.45) is 11.8 Å². The molecule has 2 rings (SSSR count). The molecule has 1 aliphatic heterocycles. The highest BCUT2D eigenvalue weighted by Crippen LogP contribution is 2.33. The van der Waals surface area contributed by atoms with E-state index < -0.39 is 37.3 Å². The van der Waals surface area contributed by atoms with Crippen LogP contribution in [0.4, 0.5) is 0 Å². The van der Waals surface area contributed by atoms with Gasteiger partial charge in [-0.2, -0.15) is 0 Å². The molecule has 0 amide bonds. The largest absolute Gasteiger partial charge is 0.394 e. The fourth-order valence-corrected chi connectivity index (χ4v) is 3.14. The summed E-state index contributed by atoms with van der Waals surface area (Å²) >= 11 is 0. The van der Waals surface area contributed by atoms with E-state index in [0.717, 1.165) is 18.4 Å². The van der Waals surface area contributed by atoms with Crippen LogP contribution in [0.5, 0.6) is 0 Å². The normalized spacial score (nSPS) is 41.5. The summed E-state index contributed by atoms with van der Waals surface area (Å²) in [7, 11) is 0. The first-order chi connectivity index (χ1) is 10.8. The van der Waals surface area contributed by atoms with Crippen LogP contribution in [-0.4, -0.2) is 64.3 Å². The van der Waals surface area contributed by atoms with E-state index in [-0.39, 0.29) is 5.92 Å². The highest BCUT2D eigenvalue weighted by molar-refractivity contribution is 5.13. The Morgan fingerprint density at radius 1 is 1.30 bits per heavy atom. The second-order valence-electron chi connectivity index (χ2n) is 6.69. The number of hydrogen-bond acceptors (Lipinski definition) is 6. The standard InChI is InChI=1S/C17H28O6/c1-9(2)11-5-4-10(3)12(6-11)8-22-17-16(21)15(20)14(19)13(7-18)23-17/h4,11-21H,1,5-8H2,2-3H3/t11-,12+,13+,14+,15-,16+,17+/m0/s1. The van der Waals surface area contributed by atoms with Crippen molar-refractivity contribution in [3.8, 4) is 0 Å². The molecule has 0 aromatic rings. The molecule has 1 heterocycles. The molecule has 6 nitrogen and oxygen atoms in total. The van der Waals surface area contributed by atoms with Gasteiger partial charge in [0.1, 0.15) is 24.4 Å². The van der Waals surface area contributed by atoms with Gasteiger partial charge in [0.05, 0.1) is 13.2 Å². The third-order valence-electron chi connectivity index (χ3n) is 4.94. The van der Waals surface area contributed by atoms with Gasteiger partial charge in [-0.1, -0.05) is 23.8 Å². The predicted octanol–water partition coefficient (Wildman–Crippen LogP) is 0.351. The lowest BCUT2D eigenvalue weighted by Crippen LogP contribution is -2.59. The van der Waals surface area contributed by atoms with E-state index in [1.54, 1.807) is 0 Å². The van der Waals surface area contributed by atoms with Crippen molar-refractivity contribution in [2.45, 2.75) is 57.4 Å². The Labute approximate surface area is 137 Å². The van der Waals surface area contributed by atoms with Gasteiger partial charge < -0.3 is 29.9 Å². The summed E-state index contributed by atoms with van der Waals surface area (Å²) in [5.74, 6) is 0.611. The second kappa shape index (κ2) is 7.88. The van der Waals surface area contributed by atoms with E-state index in [1.165, 1.54) is 5.57 Å². The maximum Gasteiger partial charge on any atom is 0.186 e. The molecule has 0 aromatic carbocycles. The Balaban J connectivity index is 1.95. The zero-order valence-corrected chi connectivity index (χ0v) is 13.8. The lowest BCUT2D eigenvalue weighted by atomic mass is 9.79. The van der Waals surface area contributed by atoms with Crippen molar-refractivity contribution in [1.29, 1.82) is 0 Å². The topological polar surface area (TPSA) is 99.4 Å². The molecule has 0 aromatic heterocycles. The first kappa shape index (κ1) is 18.6. The van der Waals surface area contributed by atoms with E-state index in [9.17, 15) is 20.4 Å². The molecule has 1 aliphatic carbocycles. The summed E-state index contributed by atoms with van der Waals surface area (Å²) in [6.45, 7) is 7.98. The average molecular weight is 328 g/mol. The maximum absolute atomic E-state index is 9.99. The van der Waals surface area contributed by atoms with Gasteiger partial charge in [-0.15, -0.1) is 0 Å². The van der Waals surface area contributed by atoms with E-state index in [4.69, 9.17) is 9.47 Å². The molecule has 1 saturated heterocycles. The lowest BCUT2D eigenvalue weighted by Gasteiger charge is -2.40. The molecule has 0 spiro atoms. The zero-order valence-electron chi connectivity index (χ0n) is 13.8. The molecule has 2 aliphatic rings. The van der Waals surface area contributed by atoms with E-state index in [1.807, 2.05) is 6.92 Å². The number of rotatable bonds is 5. The molecule has 6 heteroatoms. The molecular weight excluding hydrogens is 300 g/mol. The van der Waals surface area contributed by atoms with Gasteiger partial charge in [-0.25, -0.2) is 0 Å². The van der Waals surface area contributed by atoms with Crippen LogP contribution in [0.3, 0.4) is 0 Å². The highest BCUT2D eigenvalue weighted by atomic mass is 16.7. The second-order valence-corrected chi connectivity index (χ2v) is 6.69. The van der Waals surface area contributed by atoms with Crippen LogP contribution in [0.1, 0.15) is 26.7 Å². The Kier molecular flexibility index (Phi) is 6.36. The van der Waals surface area contributed by atoms with Crippen LogP contribution < -0.4 is 0 Å². The van der Waals surface area contributed by atoms with Crippen molar-refractivity contribution < 1.29 is 29.9 Å². The quantitative estimate of drug-likeness (QED) is 0.544. The van der Waals surface area contributed by atoms with Crippen LogP contribution in [-0.2, 0) is 9.47 Å². The first-order valence-corrected chi connectivity index (χ1v) is 8.09. The number of aliphatic hydroxyl groups is 4. The third kappa shape index (κ3) is 4.21. The van der Waals surface area contributed by atoms with E-state index in [0.29, 0.717) is 12.5 Å². The van der Waals surface area contributed by atoms with Crippen molar-refractivity contribution in [1.82, 2.24) is 0 Å². The molecule has 1 fully saturated rings. The number of hydrogen-bond donors (Lipinski definition) is 4. The fraction of sp³-hybridized carbons (Fsp3) is 0.765. The lowest BCUT2D eigenvalue weighted by molar-refractivity contribution is -0.302. The third-order valence-corrected chi connectivity index (χ3v) is 4.94. The molecule has 23 heavy (non-hydrogen) atoms. The number of allylic oxidation sites excluding steroid dienone is 2. The summed E-state index contributed by atoms with van der Waals surface area (Å²) in [6, 6.07) is 0. The van der Waals surface area contributed by atoms with Gasteiger partial charge in [-0.05, 0) is 32.6 Å². The highest BCUT2D eigenvalue weighted by Gasteiger charge is 2.44. The minimum atomic E-state index is -1.41. The maximum atomic E-state index is 9.99. The van der Waals surface area contributed by atoms with Gasteiger partial charge >= 0.3 is 0 Å². The average Bonchev–Trinajstić information content (AvgIpc) is 2.53. The molecule has 0 unspecified atom stereocenters. The zero-order chi connectivity index (χ0) is 17.1. The first-order valence-electron chi connectivity index (χ1n) is 8.09. The minimum Gasteiger partial charge on any atom is -0.394 e. The Morgan fingerprint density at radius 3 is 2.61 bits per heavy atom. The SMILES string of the molecule is C=C(C)[C@H]1CC=C(C)[C@@H](CO[C@@H]2O[C@H](CO)[C@@H](O)[C@H](O)[C@H]2O)C1. The molecule has 132 valence electrons. The van der Waals surface area contributed by atoms with Crippen LogP contribution in [0.2, 0.25) is 0 Å². The van der Waals surface area contributed by atoms with E-state index >= 15 is 0 Å². The van der Waals surface area contributed by atoms with Gasteiger partial charge in [-0.3, -0.25) is 0 Å². The summed E-state index contributed by atoms with van der Waals surface area (Å²) in [4.78, 5) is 0. The Bertz CT molecular complexity index is 446. The number of aliphatic hydroxyl groups excluding tert-OH is 4. The van der Waals surface area contributed by atoms with Crippen LogP contribution >= 0.6 is 0 Å². The van der Waals surface area contributed by atoms with Crippen molar-refractivity contribution in [2.75, 3.05) is 13.2 Å². The molecule has 0 bridgehead atoms. The van der Waals surface area contributed by atoms with Gasteiger partial charge in [0, 0.05) is 5.92 Å². The van der Waals surface area contributed by atoms with Gasteiger partial charge in [0.25, 0.3) is 0 Å². The van der Waals surface area contributed by atoms with Crippen LogP contribution in [0, 0.1) is 11.8 Å². The molecule has 0 radical (unpaired) electrons. The Hall–Kier alpha value is -0.760. The van der Waals surface area contributed by atoms with Gasteiger partial charge in [0.15, 0.2) is 6.29 Å². The summed E-state index contributed by atoms with van der Waals surface area (Å²) in [5.41, 5.74) is 2.37. The van der Waals surface area contributed by atoms with Crippen molar-refractivity contribution in [3.05, 3.63) is 23.8 Å². The van der Waals surface area contributed by atoms with Gasteiger partial charge in [0.2, 0.25) is 0 Å². The van der Waals surface area contributed by atoms with E-state index in [2.05, 4.69) is 19.6 Å². The monoisotopic (exact) mass is 328 g/mol. The number of ether oxygens (including phenoxy) is 2. The minimum absolute atomic E-state index is 0.192. The smallest absolute Gasteiger partial charge is 0.186 e. The van der Waals surface area contributed by atoms with Crippen LogP contribution in [0.15, 0.2) is 23.8 Å². The van der Waals surface area contributed by atoms with Crippen molar-refractivity contribution in [3.63, 3.8) is 0 Å². The van der Waals surface area contributed by atoms with Crippen molar-refractivity contribution >= 4 is 0 Å². The molecular formula is C17H28O6. The molecule has 0 saturated carbocycles. The fourth-order valence-electron chi connectivity index (χ4n) is 3.14. The predicted molar refractivity (Wildman–Crippen MR) is 84.5 cm³/mol. The molecule has 7 atom stereocenters. The Morgan fingerprint density at radius 2 is 2.00 bits per heavy atom. The summed E-state index contributed by atoms with van der Waals surface area (Å²) in [5, 5.41) is 38.7. The molecule has 4 N–H and O–H groups in total. The summed E-state index contributed by atoms with van der Waals surface area (Å²) < 4.78 is 11.0. The van der Waals surface area contributed by atoms with Crippen LogP contribution in [0.25, 0.3) is 0 Å². The summed E-state index contributed by atoms with van der Waals surface area (Å²) in [6.07, 6.45) is -2.03.